The number of hydrogen-bond acceptors (Lipinski definition) is 6. The molecule has 1 aromatic carbocycles. The first-order chi connectivity index (χ1) is 11.1. The van der Waals surface area contributed by atoms with Crippen LogP contribution in [0.25, 0.3) is 11.5 Å². The molecular formula is C16H21N5O2. The van der Waals surface area contributed by atoms with Gasteiger partial charge < -0.3 is 15.2 Å². The van der Waals surface area contributed by atoms with Crippen LogP contribution >= 0.6 is 0 Å². The summed E-state index contributed by atoms with van der Waals surface area (Å²) in [6.07, 6.45) is 0. The number of rotatable bonds is 4. The zero-order valence-corrected chi connectivity index (χ0v) is 13.4. The predicted molar refractivity (Wildman–Crippen MR) is 85.5 cm³/mol. The number of piperazine rings is 1. The Balaban J connectivity index is 1.71. The molecule has 1 unspecified atom stereocenters. The van der Waals surface area contributed by atoms with Crippen LogP contribution in [0.1, 0.15) is 24.4 Å². The predicted octanol–water partition coefficient (Wildman–Crippen LogP) is 0.949. The van der Waals surface area contributed by atoms with Crippen molar-refractivity contribution in [3.8, 4) is 11.5 Å². The number of carbonyl (C=O) groups is 1. The monoisotopic (exact) mass is 315 g/mol. The van der Waals surface area contributed by atoms with Crippen LogP contribution in [0, 0.1) is 0 Å². The molecule has 1 aliphatic rings. The van der Waals surface area contributed by atoms with Crippen molar-refractivity contribution in [3.05, 3.63) is 35.7 Å². The van der Waals surface area contributed by atoms with Crippen LogP contribution < -0.4 is 10.6 Å². The highest BCUT2D eigenvalue weighted by Gasteiger charge is 2.25. The van der Waals surface area contributed by atoms with E-state index >= 15 is 0 Å². The van der Waals surface area contributed by atoms with Crippen LogP contribution in [0.15, 0.2) is 28.8 Å². The summed E-state index contributed by atoms with van der Waals surface area (Å²) in [5.41, 5.74) is 1.90. The Morgan fingerprint density at radius 2 is 2.22 bits per heavy atom. The summed E-state index contributed by atoms with van der Waals surface area (Å²) in [5, 5.41) is 10.2. The number of carbonyl (C=O) groups excluding carboxylic acids is 1. The largest absolute Gasteiger partial charge is 0.352 e. The maximum atomic E-state index is 10.9. The Kier molecular flexibility index (Phi) is 4.68. The van der Waals surface area contributed by atoms with Crippen molar-refractivity contribution in [2.24, 2.45) is 0 Å². The Morgan fingerprint density at radius 1 is 1.43 bits per heavy atom. The minimum atomic E-state index is -0.0409. The fourth-order valence-electron chi connectivity index (χ4n) is 2.57. The van der Waals surface area contributed by atoms with Crippen LogP contribution in [0.5, 0.6) is 0 Å². The van der Waals surface area contributed by atoms with Crippen molar-refractivity contribution in [1.29, 1.82) is 0 Å². The van der Waals surface area contributed by atoms with Crippen molar-refractivity contribution < 1.29 is 9.32 Å². The average molecular weight is 315 g/mol. The molecule has 1 atom stereocenters. The molecule has 3 rings (SSSR count). The summed E-state index contributed by atoms with van der Waals surface area (Å²) >= 11 is 0. The Morgan fingerprint density at radius 3 is 2.91 bits per heavy atom. The van der Waals surface area contributed by atoms with Gasteiger partial charge in [0.2, 0.25) is 5.91 Å². The van der Waals surface area contributed by atoms with Gasteiger partial charge >= 0.3 is 0 Å². The van der Waals surface area contributed by atoms with Crippen molar-refractivity contribution in [3.63, 3.8) is 0 Å². The van der Waals surface area contributed by atoms with Crippen LogP contribution in [-0.2, 0) is 11.3 Å². The van der Waals surface area contributed by atoms with Crippen LogP contribution in [-0.4, -0.2) is 47.6 Å². The van der Waals surface area contributed by atoms with Crippen molar-refractivity contribution in [1.82, 2.24) is 25.7 Å². The lowest BCUT2D eigenvalue weighted by molar-refractivity contribution is -0.119. The van der Waals surface area contributed by atoms with Gasteiger partial charge in [-0.15, -0.1) is 0 Å². The van der Waals surface area contributed by atoms with E-state index in [1.165, 1.54) is 6.92 Å². The van der Waals surface area contributed by atoms with Gasteiger partial charge in [0.15, 0.2) is 5.82 Å². The van der Waals surface area contributed by atoms with Gasteiger partial charge in [0, 0.05) is 38.7 Å². The van der Waals surface area contributed by atoms with Gasteiger partial charge in [-0.2, -0.15) is 4.98 Å². The molecule has 122 valence electrons. The molecule has 2 aromatic rings. The second-order valence-corrected chi connectivity index (χ2v) is 5.76. The molecular weight excluding hydrogens is 294 g/mol. The Hall–Kier alpha value is -2.25. The number of benzene rings is 1. The van der Waals surface area contributed by atoms with Crippen molar-refractivity contribution >= 4 is 5.91 Å². The quantitative estimate of drug-likeness (QED) is 0.874. The molecule has 1 fully saturated rings. The summed E-state index contributed by atoms with van der Waals surface area (Å²) < 4.78 is 5.41. The summed E-state index contributed by atoms with van der Waals surface area (Å²) in [4.78, 5) is 17.7. The van der Waals surface area contributed by atoms with E-state index in [0.717, 1.165) is 30.8 Å². The average Bonchev–Trinajstić information content (AvgIpc) is 3.03. The maximum Gasteiger partial charge on any atom is 0.257 e. The Labute approximate surface area is 135 Å². The van der Waals surface area contributed by atoms with Crippen molar-refractivity contribution in [2.75, 3.05) is 26.7 Å². The highest BCUT2D eigenvalue weighted by atomic mass is 16.5. The van der Waals surface area contributed by atoms with Gasteiger partial charge in [0.05, 0.1) is 6.04 Å². The van der Waals surface area contributed by atoms with Gasteiger partial charge in [-0.05, 0) is 24.7 Å². The standard InChI is InChI=1S/C16H21N5O2/c1-11(22)18-9-12-3-5-13(6-4-12)16-19-15(20-23-16)14-10-17-7-8-21(14)2/h3-6,14,17H,7-10H2,1-2H3,(H,18,22). The summed E-state index contributed by atoms with van der Waals surface area (Å²) in [5.74, 6) is 1.18. The Bertz CT molecular complexity index is 667. The molecule has 7 nitrogen and oxygen atoms in total. The SMILES string of the molecule is CC(=O)NCc1ccc(-c2nc(C3CNCCN3C)no2)cc1. The van der Waals surface area contributed by atoms with Gasteiger partial charge in [-0.3, -0.25) is 9.69 Å². The lowest BCUT2D eigenvalue weighted by Crippen LogP contribution is -2.44. The third kappa shape index (κ3) is 3.75. The first-order valence-electron chi connectivity index (χ1n) is 7.72. The molecule has 0 radical (unpaired) electrons. The van der Waals surface area contributed by atoms with E-state index in [0.29, 0.717) is 18.3 Å². The number of nitrogens with zero attached hydrogens (tertiary/aromatic N) is 3. The molecule has 0 bridgehead atoms. The molecule has 1 saturated heterocycles. The first-order valence-corrected chi connectivity index (χ1v) is 7.72. The van der Waals surface area contributed by atoms with Crippen LogP contribution in [0.3, 0.4) is 0 Å². The third-order valence-electron chi connectivity index (χ3n) is 3.99. The molecule has 1 aliphatic heterocycles. The van der Waals surface area contributed by atoms with Gasteiger partial charge in [0.1, 0.15) is 0 Å². The number of nitrogens with one attached hydrogen (secondary N) is 2. The van der Waals surface area contributed by atoms with Gasteiger partial charge in [-0.1, -0.05) is 17.3 Å². The molecule has 7 heteroatoms. The normalized spacial score (nSPS) is 18.8. The zero-order chi connectivity index (χ0) is 16.2. The van der Waals surface area contributed by atoms with Gasteiger partial charge in [0.25, 0.3) is 5.89 Å². The summed E-state index contributed by atoms with van der Waals surface area (Å²) in [6.45, 7) is 4.79. The second-order valence-electron chi connectivity index (χ2n) is 5.76. The summed E-state index contributed by atoms with van der Waals surface area (Å²) in [6, 6.07) is 7.89. The molecule has 23 heavy (non-hydrogen) atoms. The number of likely N-dealkylation sites (N-methyl/N-ethyl adjacent to an activating group) is 1. The first kappa shape index (κ1) is 15.6. The van der Waals surface area contributed by atoms with Crippen LogP contribution in [0.4, 0.5) is 0 Å². The molecule has 0 aliphatic carbocycles. The maximum absolute atomic E-state index is 10.9. The summed E-state index contributed by atoms with van der Waals surface area (Å²) in [7, 11) is 2.07. The van der Waals surface area contributed by atoms with E-state index in [9.17, 15) is 4.79 Å². The molecule has 1 amide bonds. The van der Waals surface area contributed by atoms with Crippen LogP contribution in [0.2, 0.25) is 0 Å². The van der Waals surface area contributed by atoms with E-state index < -0.39 is 0 Å². The zero-order valence-electron chi connectivity index (χ0n) is 13.4. The molecule has 0 saturated carbocycles. The van der Waals surface area contributed by atoms with Crippen molar-refractivity contribution in [2.45, 2.75) is 19.5 Å². The number of amides is 1. The lowest BCUT2D eigenvalue weighted by Gasteiger charge is -2.30. The second kappa shape index (κ2) is 6.89. The molecule has 1 aromatic heterocycles. The fraction of sp³-hybridized carbons (Fsp3) is 0.438. The fourth-order valence-corrected chi connectivity index (χ4v) is 2.57. The lowest BCUT2D eigenvalue weighted by atomic mass is 10.1. The number of hydrogen-bond donors (Lipinski definition) is 2. The minimum Gasteiger partial charge on any atom is -0.352 e. The minimum absolute atomic E-state index is 0.0409. The molecule has 2 heterocycles. The molecule has 0 spiro atoms. The smallest absolute Gasteiger partial charge is 0.257 e. The van der Waals surface area contributed by atoms with E-state index in [1.807, 2.05) is 24.3 Å². The molecule has 2 N–H and O–H groups in total. The highest BCUT2D eigenvalue weighted by Crippen LogP contribution is 2.23. The third-order valence-corrected chi connectivity index (χ3v) is 3.99. The topological polar surface area (TPSA) is 83.3 Å². The van der Waals surface area contributed by atoms with E-state index in [2.05, 4.69) is 32.7 Å². The van der Waals surface area contributed by atoms with E-state index in [1.54, 1.807) is 0 Å². The number of aromatic nitrogens is 2. The van der Waals surface area contributed by atoms with Gasteiger partial charge in [-0.25, -0.2) is 0 Å². The van der Waals surface area contributed by atoms with E-state index in [-0.39, 0.29) is 11.9 Å². The van der Waals surface area contributed by atoms with E-state index in [4.69, 9.17) is 4.52 Å². The highest BCUT2D eigenvalue weighted by molar-refractivity contribution is 5.72.